The molecule has 0 bridgehead atoms. The summed E-state index contributed by atoms with van der Waals surface area (Å²) in [6, 6.07) is 1.95. The van der Waals surface area contributed by atoms with E-state index in [4.69, 9.17) is 18.9 Å². The first-order chi connectivity index (χ1) is 31.1. The van der Waals surface area contributed by atoms with Crippen molar-refractivity contribution in [1.82, 2.24) is 0 Å². The van der Waals surface area contributed by atoms with Crippen molar-refractivity contribution in [3.05, 3.63) is 17.7 Å². The molecule has 6 nitrogen and oxygen atoms in total. The Labute approximate surface area is 391 Å². The molecule has 0 unspecified atom stereocenters. The predicted octanol–water partition coefficient (Wildman–Crippen LogP) is 19.0. The Morgan fingerprint density at radius 3 is 0.921 bits per heavy atom. The lowest BCUT2D eigenvalue weighted by molar-refractivity contribution is -0.131. The number of rotatable bonds is 50. The van der Waals surface area contributed by atoms with Crippen LogP contribution in [0.1, 0.15) is 290 Å². The van der Waals surface area contributed by atoms with Crippen LogP contribution in [0, 0.1) is 0 Å². The molecule has 0 aliphatic carbocycles. The molecule has 0 heterocycles. The maximum absolute atomic E-state index is 12.0. The molecule has 1 N–H and O–H groups in total. The van der Waals surface area contributed by atoms with Gasteiger partial charge in [0.15, 0.2) is 11.5 Å². The Balaban J connectivity index is 3.14. The molecule has 0 amide bonds. The van der Waals surface area contributed by atoms with Gasteiger partial charge in [0.25, 0.3) is 0 Å². The van der Waals surface area contributed by atoms with Crippen molar-refractivity contribution in [2.24, 2.45) is 0 Å². The van der Waals surface area contributed by atoms with E-state index in [9.17, 15) is 9.90 Å². The summed E-state index contributed by atoms with van der Waals surface area (Å²) in [5, 5.41) is 9.80. The first kappa shape index (κ1) is 58.6. The summed E-state index contributed by atoms with van der Waals surface area (Å²) in [4.78, 5) is 12.0. The molecule has 1 aromatic rings. The number of hydrogen-bond donors (Lipinski definition) is 1. The fraction of sp³-hybridized carbons (Fsp3) is 0.842. The lowest BCUT2D eigenvalue weighted by Gasteiger charge is -2.22. The van der Waals surface area contributed by atoms with Crippen LogP contribution < -0.4 is 18.9 Å². The average Bonchev–Trinajstić information content (AvgIpc) is 3.28. The summed E-state index contributed by atoms with van der Waals surface area (Å²) >= 11 is 0. The minimum Gasteiger partial charge on any atom is -0.493 e. The van der Waals surface area contributed by atoms with Gasteiger partial charge >= 0.3 is 5.97 Å². The summed E-state index contributed by atoms with van der Waals surface area (Å²) in [6.07, 6.45) is 53.3. The molecule has 0 saturated heterocycles. The number of ether oxygens (including phenoxy) is 4. The topological polar surface area (TPSA) is 74.2 Å². The van der Waals surface area contributed by atoms with Crippen molar-refractivity contribution in [2.45, 2.75) is 285 Å². The molecule has 1 aromatic carbocycles. The maximum atomic E-state index is 12.0. The van der Waals surface area contributed by atoms with Gasteiger partial charge < -0.3 is 24.1 Å². The van der Waals surface area contributed by atoms with E-state index >= 15 is 0 Å². The highest BCUT2D eigenvalue weighted by atomic mass is 16.5. The van der Waals surface area contributed by atoms with Crippen molar-refractivity contribution in [3.63, 3.8) is 0 Å². The second kappa shape index (κ2) is 46.2. The lowest BCUT2D eigenvalue weighted by Crippen LogP contribution is -2.09. The number of unbranched alkanes of at least 4 members (excludes halogenated alkanes) is 36. The molecule has 63 heavy (non-hydrogen) atoms. The van der Waals surface area contributed by atoms with Crippen LogP contribution in [0.4, 0.5) is 0 Å². The molecule has 368 valence electrons. The quantitative estimate of drug-likeness (QED) is 0.0519. The Morgan fingerprint density at radius 1 is 0.365 bits per heavy atom. The number of benzene rings is 1. The van der Waals surface area contributed by atoms with Gasteiger partial charge in [0.1, 0.15) is 5.75 Å². The minimum atomic E-state index is -0.995. The van der Waals surface area contributed by atoms with Gasteiger partial charge in [-0.15, -0.1) is 0 Å². The van der Waals surface area contributed by atoms with E-state index in [1.807, 2.05) is 6.07 Å². The number of hydrogen-bond acceptors (Lipinski definition) is 5. The zero-order chi connectivity index (χ0) is 45.5. The molecule has 0 aromatic heterocycles. The smallest absolute Gasteiger partial charge is 0.328 e. The van der Waals surface area contributed by atoms with Gasteiger partial charge in [0.2, 0.25) is 5.75 Å². The second-order valence-corrected chi connectivity index (χ2v) is 18.7. The minimum absolute atomic E-state index is 0.540. The van der Waals surface area contributed by atoms with E-state index in [0.717, 1.165) is 51.4 Å². The third-order valence-corrected chi connectivity index (χ3v) is 12.6. The SMILES string of the molecule is CCCCCCCCCCCCOc1cc(OCCCCCCCCCCCC)c(OCCCCCCCCCCCC)c(OCCCCCCCCCCCC)c1C=CC(=O)O. The van der Waals surface area contributed by atoms with Gasteiger partial charge in [-0.05, 0) is 31.8 Å². The highest BCUT2D eigenvalue weighted by Crippen LogP contribution is 2.47. The third-order valence-electron chi connectivity index (χ3n) is 12.6. The number of carboxylic acid groups (broad SMARTS) is 1. The van der Waals surface area contributed by atoms with E-state index in [-0.39, 0.29) is 0 Å². The normalized spacial score (nSPS) is 11.5. The average molecular weight is 885 g/mol. The summed E-state index contributed by atoms with van der Waals surface area (Å²) in [6.45, 7) is 11.4. The van der Waals surface area contributed by atoms with Gasteiger partial charge in [-0.25, -0.2) is 4.79 Å². The summed E-state index contributed by atoms with van der Waals surface area (Å²) in [7, 11) is 0. The molecule has 0 saturated carbocycles. The van der Waals surface area contributed by atoms with Crippen molar-refractivity contribution in [3.8, 4) is 23.0 Å². The molecule has 0 atom stereocenters. The van der Waals surface area contributed by atoms with E-state index in [1.165, 1.54) is 212 Å². The van der Waals surface area contributed by atoms with Crippen LogP contribution in [-0.2, 0) is 4.79 Å². The van der Waals surface area contributed by atoms with E-state index < -0.39 is 5.97 Å². The Bertz CT molecular complexity index is 1160. The standard InChI is InChI=1S/C57H104O6/c1-5-9-13-17-21-25-29-33-37-41-47-60-53-51-54(61-48-42-38-34-30-26-22-18-14-10-6-2)57(63-50-44-40-36-32-28-24-20-16-12-8-4)56(52(53)45-46-55(58)59)62-49-43-39-35-31-27-23-19-15-11-7-3/h45-46,51H,5-44,47-50H2,1-4H3,(H,58,59). The highest BCUT2D eigenvalue weighted by Gasteiger charge is 2.23. The van der Waals surface area contributed by atoms with Gasteiger partial charge in [0, 0.05) is 12.1 Å². The molecule has 0 aliphatic heterocycles. The molecule has 6 heteroatoms. The second-order valence-electron chi connectivity index (χ2n) is 18.7. The van der Waals surface area contributed by atoms with Crippen molar-refractivity contribution >= 4 is 12.0 Å². The van der Waals surface area contributed by atoms with Crippen molar-refractivity contribution < 1.29 is 28.8 Å². The molecular weight excluding hydrogens is 781 g/mol. The van der Waals surface area contributed by atoms with Crippen molar-refractivity contribution in [1.29, 1.82) is 0 Å². The van der Waals surface area contributed by atoms with Gasteiger partial charge in [-0.2, -0.15) is 0 Å². The van der Waals surface area contributed by atoms with E-state index in [0.29, 0.717) is 55.0 Å². The lowest BCUT2D eigenvalue weighted by atomic mass is 10.1. The predicted molar refractivity (Wildman–Crippen MR) is 272 cm³/mol. The fourth-order valence-corrected chi connectivity index (χ4v) is 8.50. The van der Waals surface area contributed by atoms with Crippen LogP contribution in [0.15, 0.2) is 12.1 Å². The molecular formula is C57H104O6. The molecule has 0 spiro atoms. The van der Waals surface area contributed by atoms with E-state index in [1.54, 1.807) is 6.08 Å². The Hall–Kier alpha value is -2.37. The van der Waals surface area contributed by atoms with Gasteiger partial charge in [-0.1, -0.05) is 259 Å². The largest absolute Gasteiger partial charge is 0.493 e. The number of carboxylic acids is 1. The van der Waals surface area contributed by atoms with Crippen LogP contribution >= 0.6 is 0 Å². The highest BCUT2D eigenvalue weighted by molar-refractivity contribution is 5.87. The van der Waals surface area contributed by atoms with Gasteiger partial charge in [0.05, 0.1) is 32.0 Å². The van der Waals surface area contributed by atoms with Crippen LogP contribution in [0.5, 0.6) is 23.0 Å². The summed E-state index contributed by atoms with van der Waals surface area (Å²) in [5.74, 6) is 1.44. The summed E-state index contributed by atoms with van der Waals surface area (Å²) < 4.78 is 26.5. The van der Waals surface area contributed by atoms with Crippen LogP contribution in [0.2, 0.25) is 0 Å². The van der Waals surface area contributed by atoms with Crippen LogP contribution in [0.25, 0.3) is 6.08 Å². The molecule has 0 radical (unpaired) electrons. The zero-order valence-corrected chi connectivity index (χ0v) is 42.3. The first-order valence-electron chi connectivity index (χ1n) is 27.7. The zero-order valence-electron chi connectivity index (χ0n) is 42.3. The molecule has 1 rings (SSSR count). The van der Waals surface area contributed by atoms with Crippen molar-refractivity contribution in [2.75, 3.05) is 26.4 Å². The number of aliphatic carboxylic acids is 1. The van der Waals surface area contributed by atoms with E-state index in [2.05, 4.69) is 27.7 Å². The third kappa shape index (κ3) is 35.6. The summed E-state index contributed by atoms with van der Waals surface area (Å²) in [5.41, 5.74) is 0.640. The molecule has 0 aliphatic rings. The number of carbonyl (C=O) groups is 1. The van der Waals surface area contributed by atoms with Crippen LogP contribution in [0.3, 0.4) is 0 Å². The Morgan fingerprint density at radius 2 is 0.619 bits per heavy atom. The Kier molecular flexibility index (Phi) is 43.0. The van der Waals surface area contributed by atoms with Crippen LogP contribution in [-0.4, -0.2) is 37.5 Å². The molecule has 0 fully saturated rings. The fourth-order valence-electron chi connectivity index (χ4n) is 8.50. The van der Waals surface area contributed by atoms with Gasteiger partial charge in [-0.3, -0.25) is 0 Å². The maximum Gasteiger partial charge on any atom is 0.328 e. The first-order valence-corrected chi connectivity index (χ1v) is 27.7. The monoisotopic (exact) mass is 885 g/mol.